The zero-order chi connectivity index (χ0) is 18.4. The van der Waals surface area contributed by atoms with Crippen molar-refractivity contribution in [3.05, 3.63) is 59.7 Å². The summed E-state index contributed by atoms with van der Waals surface area (Å²) in [6, 6.07) is 14.7. The maximum atomic E-state index is 12.3. The van der Waals surface area contributed by atoms with Gasteiger partial charge in [0.15, 0.2) is 6.10 Å². The molecule has 1 amide bonds. The minimum Gasteiger partial charge on any atom is -0.449 e. The number of hydrogen-bond donors (Lipinski definition) is 1. The lowest BCUT2D eigenvalue weighted by atomic mass is 10.2. The molecule has 0 spiro atoms. The van der Waals surface area contributed by atoms with E-state index in [1.165, 1.54) is 25.3 Å². The molecule has 7 heteroatoms. The molecule has 0 aliphatic heterocycles. The number of nitrogens with zero attached hydrogens (tertiary/aromatic N) is 1. The largest absolute Gasteiger partial charge is 0.449 e. The molecule has 2 aromatic rings. The highest BCUT2D eigenvalue weighted by Crippen LogP contribution is 2.15. The third-order valence-electron chi connectivity index (χ3n) is 3.33. The predicted octanol–water partition coefficient (Wildman–Crippen LogP) is 2.48. The molecule has 0 saturated carbocycles. The highest BCUT2D eigenvalue weighted by molar-refractivity contribution is 7.84. The summed E-state index contributed by atoms with van der Waals surface area (Å²) in [4.78, 5) is 24.8. The molecule has 0 heterocycles. The number of esters is 1. The van der Waals surface area contributed by atoms with Crippen molar-refractivity contribution in [2.45, 2.75) is 17.9 Å². The van der Waals surface area contributed by atoms with Gasteiger partial charge in [0.05, 0.1) is 32.9 Å². The lowest BCUT2D eigenvalue weighted by Gasteiger charge is -2.14. The van der Waals surface area contributed by atoms with Crippen LogP contribution in [0.25, 0.3) is 0 Å². The first-order valence-corrected chi connectivity index (χ1v) is 8.92. The maximum Gasteiger partial charge on any atom is 0.340 e. The predicted molar refractivity (Wildman–Crippen MR) is 93.4 cm³/mol. The van der Waals surface area contributed by atoms with E-state index in [1.54, 1.807) is 36.4 Å². The smallest absolute Gasteiger partial charge is 0.340 e. The summed E-state index contributed by atoms with van der Waals surface area (Å²) < 4.78 is 16.9. The van der Waals surface area contributed by atoms with Crippen LogP contribution in [0.1, 0.15) is 22.8 Å². The van der Waals surface area contributed by atoms with Crippen molar-refractivity contribution >= 4 is 28.4 Å². The first-order valence-electron chi connectivity index (χ1n) is 7.37. The van der Waals surface area contributed by atoms with Gasteiger partial charge in [-0.05, 0) is 37.3 Å². The van der Waals surface area contributed by atoms with Crippen LogP contribution in [0.5, 0.6) is 0 Å². The van der Waals surface area contributed by atoms with Gasteiger partial charge in [0, 0.05) is 11.9 Å². The van der Waals surface area contributed by atoms with Crippen molar-refractivity contribution in [2.75, 3.05) is 11.6 Å². The summed E-state index contributed by atoms with van der Waals surface area (Å²) >= 11 is 0. The molecule has 2 aromatic carbocycles. The van der Waals surface area contributed by atoms with Gasteiger partial charge in [-0.2, -0.15) is 5.26 Å². The van der Waals surface area contributed by atoms with Crippen molar-refractivity contribution in [1.29, 1.82) is 5.26 Å². The van der Waals surface area contributed by atoms with Gasteiger partial charge in [-0.15, -0.1) is 0 Å². The fraction of sp³-hybridized carbons (Fsp3) is 0.167. The van der Waals surface area contributed by atoms with Gasteiger partial charge in [-0.1, -0.05) is 18.2 Å². The first kappa shape index (κ1) is 18.4. The highest BCUT2D eigenvalue weighted by Gasteiger charge is 2.21. The standard InChI is InChI=1S/C18H16N2O4S/c1-12(17(21)20-14-7-5-6-13(10-14)11-19)24-18(22)15-8-3-4-9-16(15)25(2)23/h3-10,12H,1-2H3,(H,20,21)/t12-,25-/m0/s1. The minimum absolute atomic E-state index is 0.162. The molecule has 25 heavy (non-hydrogen) atoms. The van der Waals surface area contributed by atoms with Gasteiger partial charge >= 0.3 is 5.97 Å². The number of carbonyl (C=O) groups excluding carboxylic acids is 2. The molecule has 0 aliphatic rings. The van der Waals surface area contributed by atoms with E-state index in [9.17, 15) is 13.8 Å². The Morgan fingerprint density at radius 2 is 1.92 bits per heavy atom. The number of carbonyl (C=O) groups is 2. The second kappa shape index (κ2) is 8.22. The molecule has 0 radical (unpaired) electrons. The lowest BCUT2D eigenvalue weighted by molar-refractivity contribution is -0.123. The number of benzene rings is 2. The zero-order valence-electron chi connectivity index (χ0n) is 13.7. The van der Waals surface area contributed by atoms with Gasteiger partial charge in [-0.25, -0.2) is 4.79 Å². The summed E-state index contributed by atoms with van der Waals surface area (Å²) in [5, 5.41) is 11.4. The SMILES string of the molecule is C[C@H](OC(=O)c1ccccc1[S@](C)=O)C(=O)Nc1cccc(C#N)c1. The molecule has 0 fully saturated rings. The van der Waals surface area contributed by atoms with Crippen LogP contribution >= 0.6 is 0 Å². The lowest BCUT2D eigenvalue weighted by Crippen LogP contribution is -2.30. The van der Waals surface area contributed by atoms with E-state index < -0.39 is 28.8 Å². The molecular weight excluding hydrogens is 340 g/mol. The van der Waals surface area contributed by atoms with Gasteiger partial charge in [-0.3, -0.25) is 9.00 Å². The second-order valence-electron chi connectivity index (χ2n) is 5.18. The Balaban J connectivity index is 2.07. The Morgan fingerprint density at radius 3 is 2.60 bits per heavy atom. The molecule has 2 atom stereocenters. The van der Waals surface area contributed by atoms with Crippen LogP contribution in [0.2, 0.25) is 0 Å². The second-order valence-corrected chi connectivity index (χ2v) is 6.53. The normalized spacial score (nSPS) is 12.5. The molecular formula is C18H16N2O4S. The fourth-order valence-electron chi connectivity index (χ4n) is 2.07. The maximum absolute atomic E-state index is 12.3. The number of anilines is 1. The highest BCUT2D eigenvalue weighted by atomic mass is 32.2. The first-order chi connectivity index (χ1) is 11.9. The molecule has 2 rings (SSSR count). The van der Waals surface area contributed by atoms with E-state index in [4.69, 9.17) is 10.00 Å². The van der Waals surface area contributed by atoms with Crippen molar-refractivity contribution in [2.24, 2.45) is 0 Å². The molecule has 0 bridgehead atoms. The third-order valence-corrected chi connectivity index (χ3v) is 4.30. The fourth-order valence-corrected chi connectivity index (χ4v) is 2.81. The van der Waals surface area contributed by atoms with Crippen LogP contribution in [-0.2, 0) is 20.3 Å². The van der Waals surface area contributed by atoms with E-state index >= 15 is 0 Å². The van der Waals surface area contributed by atoms with Gasteiger partial charge in [0.2, 0.25) is 0 Å². The zero-order valence-corrected chi connectivity index (χ0v) is 14.5. The minimum atomic E-state index is -1.35. The van der Waals surface area contributed by atoms with Crippen molar-refractivity contribution in [1.82, 2.24) is 0 Å². The monoisotopic (exact) mass is 356 g/mol. The molecule has 0 aliphatic carbocycles. The number of ether oxygens (including phenoxy) is 1. The summed E-state index contributed by atoms with van der Waals surface area (Å²) in [5.74, 6) is -1.25. The van der Waals surface area contributed by atoms with Crippen LogP contribution in [-0.4, -0.2) is 28.4 Å². The number of nitrogens with one attached hydrogen (secondary N) is 1. The van der Waals surface area contributed by atoms with Gasteiger partial charge in [0.25, 0.3) is 5.91 Å². The number of amides is 1. The number of rotatable bonds is 5. The quantitative estimate of drug-likeness (QED) is 0.830. The van der Waals surface area contributed by atoms with Crippen molar-refractivity contribution < 1.29 is 18.5 Å². The number of hydrogen-bond acceptors (Lipinski definition) is 5. The van der Waals surface area contributed by atoms with E-state index in [1.807, 2.05) is 6.07 Å². The molecule has 6 nitrogen and oxygen atoms in total. The van der Waals surface area contributed by atoms with Crippen LogP contribution in [0.15, 0.2) is 53.4 Å². The van der Waals surface area contributed by atoms with Crippen LogP contribution in [0.4, 0.5) is 5.69 Å². The Labute approximate surface area is 147 Å². The summed E-state index contributed by atoms with van der Waals surface area (Å²) in [5.41, 5.74) is 0.998. The van der Waals surface area contributed by atoms with E-state index in [0.717, 1.165) is 0 Å². The van der Waals surface area contributed by atoms with Gasteiger partial charge < -0.3 is 10.1 Å². The van der Waals surface area contributed by atoms with E-state index in [0.29, 0.717) is 16.1 Å². The summed E-state index contributed by atoms with van der Waals surface area (Å²) in [6.45, 7) is 1.44. The average Bonchev–Trinajstić information content (AvgIpc) is 2.61. The average molecular weight is 356 g/mol. The molecule has 128 valence electrons. The molecule has 0 saturated heterocycles. The van der Waals surface area contributed by atoms with Crippen LogP contribution < -0.4 is 5.32 Å². The van der Waals surface area contributed by atoms with Crippen LogP contribution in [0.3, 0.4) is 0 Å². The molecule has 0 aromatic heterocycles. The third kappa shape index (κ3) is 4.75. The van der Waals surface area contributed by atoms with Crippen LogP contribution in [0, 0.1) is 11.3 Å². The summed E-state index contributed by atoms with van der Waals surface area (Å²) in [6.07, 6.45) is 0.404. The van der Waals surface area contributed by atoms with Crippen molar-refractivity contribution in [3.8, 4) is 6.07 Å². The topological polar surface area (TPSA) is 96.3 Å². The summed E-state index contributed by atoms with van der Waals surface area (Å²) in [7, 11) is -1.35. The van der Waals surface area contributed by atoms with Gasteiger partial charge in [0.1, 0.15) is 0 Å². The Kier molecular flexibility index (Phi) is 6.03. The Bertz CT molecular complexity index is 873. The van der Waals surface area contributed by atoms with Crippen molar-refractivity contribution in [3.63, 3.8) is 0 Å². The molecule has 0 unspecified atom stereocenters. The molecule has 1 N–H and O–H groups in total. The number of nitriles is 1. The van der Waals surface area contributed by atoms with E-state index in [2.05, 4.69) is 5.32 Å². The Morgan fingerprint density at radius 1 is 1.20 bits per heavy atom. The van der Waals surface area contributed by atoms with E-state index in [-0.39, 0.29) is 5.56 Å². The Hall–Kier alpha value is -2.98.